The van der Waals surface area contributed by atoms with Crippen molar-refractivity contribution >= 4 is 17.4 Å². The maximum Gasteiger partial charge on any atom is 0.315 e. The summed E-state index contributed by atoms with van der Waals surface area (Å²) < 4.78 is 0. The minimum absolute atomic E-state index is 0.0577. The number of rotatable bonds is 4. The van der Waals surface area contributed by atoms with E-state index in [4.69, 9.17) is 0 Å². The van der Waals surface area contributed by atoms with Gasteiger partial charge < -0.3 is 15.7 Å². The molecule has 0 fully saturated rings. The highest BCUT2D eigenvalue weighted by molar-refractivity contribution is 7.08. The second-order valence-electron chi connectivity index (χ2n) is 5.90. The molecule has 1 heterocycles. The van der Waals surface area contributed by atoms with Gasteiger partial charge in [0.05, 0.1) is 12.6 Å². The molecule has 2 amide bonds. The Labute approximate surface area is 134 Å². The van der Waals surface area contributed by atoms with Crippen LogP contribution < -0.4 is 10.6 Å². The number of amides is 2. The quantitative estimate of drug-likeness (QED) is 0.812. The molecule has 3 rings (SSSR count). The highest BCUT2D eigenvalue weighted by atomic mass is 32.1. The Balaban J connectivity index is 1.56. The highest BCUT2D eigenvalue weighted by Gasteiger charge is 2.26. The number of aliphatic hydroxyl groups is 1. The Morgan fingerprint density at radius 1 is 1.41 bits per heavy atom. The van der Waals surface area contributed by atoms with E-state index < -0.39 is 5.60 Å². The molecular formula is C17H20N2O2S. The van der Waals surface area contributed by atoms with Gasteiger partial charge in [-0.1, -0.05) is 24.3 Å². The number of benzene rings is 1. The van der Waals surface area contributed by atoms with Gasteiger partial charge in [0.25, 0.3) is 0 Å². The molecule has 0 saturated heterocycles. The van der Waals surface area contributed by atoms with Crippen molar-refractivity contribution in [2.24, 2.45) is 0 Å². The van der Waals surface area contributed by atoms with Gasteiger partial charge in [-0.2, -0.15) is 11.3 Å². The fourth-order valence-electron chi connectivity index (χ4n) is 2.84. The van der Waals surface area contributed by atoms with Crippen molar-refractivity contribution in [3.8, 4) is 0 Å². The van der Waals surface area contributed by atoms with Gasteiger partial charge in [-0.15, -0.1) is 0 Å². The van der Waals surface area contributed by atoms with Crippen LogP contribution in [-0.2, 0) is 12.0 Å². The van der Waals surface area contributed by atoms with Crippen molar-refractivity contribution in [2.75, 3.05) is 6.54 Å². The second kappa shape index (κ2) is 6.10. The zero-order valence-electron chi connectivity index (χ0n) is 12.5. The van der Waals surface area contributed by atoms with Gasteiger partial charge in [-0.3, -0.25) is 0 Å². The Morgan fingerprint density at radius 3 is 3.00 bits per heavy atom. The molecule has 1 aromatic carbocycles. The number of nitrogens with one attached hydrogen (secondary N) is 2. The molecule has 1 aliphatic carbocycles. The molecule has 4 nitrogen and oxygen atoms in total. The van der Waals surface area contributed by atoms with E-state index in [0.29, 0.717) is 0 Å². The third kappa shape index (κ3) is 3.15. The number of carbonyl (C=O) groups excluding carboxylic acids is 1. The Morgan fingerprint density at radius 2 is 2.23 bits per heavy atom. The zero-order valence-corrected chi connectivity index (χ0v) is 13.3. The lowest BCUT2D eigenvalue weighted by atomic mass is 9.99. The number of fused-ring (bicyclic) bond motifs is 1. The molecule has 1 aliphatic rings. The Bertz CT molecular complexity index is 652. The number of urea groups is 1. The molecular weight excluding hydrogens is 296 g/mol. The van der Waals surface area contributed by atoms with Crippen LogP contribution in [0.5, 0.6) is 0 Å². The summed E-state index contributed by atoms with van der Waals surface area (Å²) in [6, 6.07) is 9.89. The minimum atomic E-state index is -1.05. The summed E-state index contributed by atoms with van der Waals surface area (Å²) in [6.45, 7) is 1.89. The van der Waals surface area contributed by atoms with E-state index in [-0.39, 0.29) is 18.6 Å². The summed E-state index contributed by atoms with van der Waals surface area (Å²) >= 11 is 1.53. The van der Waals surface area contributed by atoms with Gasteiger partial charge in [-0.25, -0.2) is 4.79 Å². The average molecular weight is 316 g/mol. The maximum atomic E-state index is 12.1. The lowest BCUT2D eigenvalue weighted by Gasteiger charge is -2.23. The average Bonchev–Trinajstić information content (AvgIpc) is 3.16. The molecule has 2 atom stereocenters. The summed E-state index contributed by atoms with van der Waals surface area (Å²) in [7, 11) is 0. The van der Waals surface area contributed by atoms with E-state index in [1.54, 1.807) is 6.92 Å². The predicted molar refractivity (Wildman–Crippen MR) is 87.9 cm³/mol. The van der Waals surface area contributed by atoms with Crippen molar-refractivity contribution in [2.45, 2.75) is 31.4 Å². The van der Waals surface area contributed by atoms with Crippen molar-refractivity contribution in [3.05, 3.63) is 57.8 Å². The molecule has 2 aromatic rings. The van der Waals surface area contributed by atoms with E-state index in [2.05, 4.69) is 22.8 Å². The first-order valence-corrected chi connectivity index (χ1v) is 8.38. The first-order valence-electron chi connectivity index (χ1n) is 7.43. The molecule has 0 aliphatic heterocycles. The van der Waals surface area contributed by atoms with E-state index in [9.17, 15) is 9.90 Å². The highest BCUT2D eigenvalue weighted by Crippen LogP contribution is 2.30. The number of thiophene rings is 1. The van der Waals surface area contributed by atoms with E-state index >= 15 is 0 Å². The van der Waals surface area contributed by atoms with Gasteiger partial charge in [0.1, 0.15) is 5.60 Å². The molecule has 5 heteroatoms. The molecule has 0 bridgehead atoms. The Hall–Kier alpha value is -1.85. The Kier molecular flexibility index (Phi) is 4.18. The van der Waals surface area contributed by atoms with E-state index in [0.717, 1.165) is 18.4 Å². The molecule has 0 saturated carbocycles. The smallest absolute Gasteiger partial charge is 0.315 e. The van der Waals surface area contributed by atoms with Crippen molar-refractivity contribution in [1.29, 1.82) is 0 Å². The first kappa shape index (κ1) is 15.1. The molecule has 0 radical (unpaired) electrons. The van der Waals surface area contributed by atoms with Crippen molar-refractivity contribution < 1.29 is 9.90 Å². The summed E-state index contributed by atoms with van der Waals surface area (Å²) in [5.41, 5.74) is 2.27. The van der Waals surface area contributed by atoms with Crippen molar-refractivity contribution in [1.82, 2.24) is 10.6 Å². The van der Waals surface area contributed by atoms with Crippen LogP contribution in [0.15, 0.2) is 41.1 Å². The second-order valence-corrected chi connectivity index (χ2v) is 6.68. The fourth-order valence-corrected chi connectivity index (χ4v) is 3.62. The monoisotopic (exact) mass is 316 g/mol. The van der Waals surface area contributed by atoms with Crippen LogP contribution >= 0.6 is 11.3 Å². The van der Waals surface area contributed by atoms with Crippen LogP contribution in [0.25, 0.3) is 0 Å². The third-order valence-electron chi connectivity index (χ3n) is 4.17. The van der Waals surface area contributed by atoms with Crippen LogP contribution in [-0.4, -0.2) is 17.7 Å². The van der Waals surface area contributed by atoms with Crippen molar-refractivity contribution in [3.63, 3.8) is 0 Å². The first-order chi connectivity index (χ1) is 10.6. The van der Waals surface area contributed by atoms with Gasteiger partial charge >= 0.3 is 6.03 Å². The molecule has 22 heavy (non-hydrogen) atoms. The number of hydrogen-bond donors (Lipinski definition) is 3. The van der Waals surface area contributed by atoms with Crippen LogP contribution in [0.2, 0.25) is 0 Å². The zero-order chi connectivity index (χ0) is 15.6. The minimum Gasteiger partial charge on any atom is -0.384 e. The number of carbonyl (C=O) groups is 1. The maximum absolute atomic E-state index is 12.1. The van der Waals surface area contributed by atoms with Gasteiger partial charge in [0.2, 0.25) is 0 Å². The molecule has 0 spiro atoms. The lowest BCUT2D eigenvalue weighted by molar-refractivity contribution is 0.0597. The van der Waals surface area contributed by atoms with Crippen LogP contribution in [0.3, 0.4) is 0 Å². The molecule has 1 aromatic heterocycles. The standard InChI is InChI=1S/C17H20N2O2S/c1-17(21,13-8-9-22-10-13)11-18-16(20)19-15-7-6-12-4-2-3-5-14(12)15/h2-5,8-10,15,21H,6-7,11H2,1H3,(H2,18,19,20). The van der Waals surface area contributed by atoms with Gasteiger partial charge in [0, 0.05) is 0 Å². The summed E-state index contributed by atoms with van der Waals surface area (Å²) in [6.07, 6.45) is 1.92. The predicted octanol–water partition coefficient (Wildman–Crippen LogP) is 2.94. The van der Waals surface area contributed by atoms with Crippen LogP contribution in [0, 0.1) is 0 Å². The summed E-state index contributed by atoms with van der Waals surface area (Å²) in [4.78, 5) is 12.1. The van der Waals surface area contributed by atoms with Crippen LogP contribution in [0.1, 0.15) is 36.1 Å². The fraction of sp³-hybridized carbons (Fsp3) is 0.353. The largest absolute Gasteiger partial charge is 0.384 e. The van der Waals surface area contributed by atoms with Crippen LogP contribution in [0.4, 0.5) is 4.79 Å². The van der Waals surface area contributed by atoms with E-state index in [1.807, 2.05) is 29.0 Å². The summed E-state index contributed by atoms with van der Waals surface area (Å²) in [5.74, 6) is 0. The molecule has 116 valence electrons. The topological polar surface area (TPSA) is 61.4 Å². The SMILES string of the molecule is CC(O)(CNC(=O)NC1CCc2ccccc21)c1ccsc1. The van der Waals surface area contributed by atoms with Gasteiger partial charge in [-0.05, 0) is 53.3 Å². The number of aryl methyl sites for hydroxylation is 1. The lowest BCUT2D eigenvalue weighted by Crippen LogP contribution is -2.44. The molecule has 3 N–H and O–H groups in total. The van der Waals surface area contributed by atoms with E-state index in [1.165, 1.54) is 22.5 Å². The normalized spacial score (nSPS) is 19.3. The number of hydrogen-bond acceptors (Lipinski definition) is 3. The van der Waals surface area contributed by atoms with Gasteiger partial charge in [0.15, 0.2) is 0 Å². The summed E-state index contributed by atoms with van der Waals surface area (Å²) in [5, 5.41) is 20.0. The molecule has 2 unspecified atom stereocenters. The third-order valence-corrected chi connectivity index (χ3v) is 4.86.